The number of rotatable bonds is 5. The van der Waals surface area contributed by atoms with E-state index in [0.717, 1.165) is 4.47 Å². The first-order valence-corrected chi connectivity index (χ1v) is 6.05. The molecule has 0 atom stereocenters. The average Bonchev–Trinajstić information content (AvgIpc) is 2.30. The van der Waals surface area contributed by atoms with Gasteiger partial charge in [-0.1, -0.05) is 15.9 Å². The van der Waals surface area contributed by atoms with Crippen LogP contribution in [0.3, 0.4) is 0 Å². The van der Waals surface area contributed by atoms with E-state index in [4.69, 9.17) is 10.00 Å². The number of anilines is 1. The lowest BCUT2D eigenvalue weighted by Gasteiger charge is -2.08. The van der Waals surface area contributed by atoms with E-state index < -0.39 is 0 Å². The van der Waals surface area contributed by atoms with Crippen LogP contribution < -0.4 is 5.32 Å². The second-order valence-corrected chi connectivity index (χ2v) is 4.20. The highest BCUT2D eigenvalue weighted by Gasteiger charge is 2.04. The molecule has 0 unspecified atom stereocenters. The lowest BCUT2D eigenvalue weighted by Crippen LogP contribution is -2.11. The summed E-state index contributed by atoms with van der Waals surface area (Å²) in [5.74, 6) is -0.242. The van der Waals surface area contributed by atoms with Crippen LogP contribution in [0.1, 0.15) is 18.9 Å². The van der Waals surface area contributed by atoms with E-state index >= 15 is 0 Å². The predicted molar refractivity (Wildman–Crippen MR) is 68.6 cm³/mol. The third-order valence-electron chi connectivity index (χ3n) is 2.05. The number of hydrogen-bond acceptors (Lipinski definition) is 4. The molecule has 0 saturated carbocycles. The minimum atomic E-state index is -0.242. The van der Waals surface area contributed by atoms with Crippen LogP contribution in [0.15, 0.2) is 22.7 Å². The smallest absolute Gasteiger partial charge is 0.307 e. The molecule has 5 heteroatoms. The Balaban J connectivity index is 2.54. The van der Waals surface area contributed by atoms with Gasteiger partial charge in [-0.2, -0.15) is 5.26 Å². The van der Waals surface area contributed by atoms with Gasteiger partial charge in [-0.05, 0) is 25.1 Å². The summed E-state index contributed by atoms with van der Waals surface area (Å²) >= 11 is 3.33. The molecule has 0 aliphatic carbocycles. The third kappa shape index (κ3) is 4.45. The fraction of sp³-hybridized carbons (Fsp3) is 0.333. The average molecular weight is 297 g/mol. The number of halogens is 1. The van der Waals surface area contributed by atoms with Crippen LogP contribution in [0.25, 0.3) is 0 Å². The molecule has 0 aliphatic heterocycles. The molecule has 1 rings (SSSR count). The summed E-state index contributed by atoms with van der Waals surface area (Å²) in [4.78, 5) is 11.1. The molecule has 0 heterocycles. The lowest BCUT2D eigenvalue weighted by molar-refractivity contribution is -0.142. The Kier molecular flexibility index (Phi) is 5.50. The summed E-state index contributed by atoms with van der Waals surface area (Å²) in [5.41, 5.74) is 1.27. The first-order chi connectivity index (χ1) is 8.17. The van der Waals surface area contributed by atoms with Gasteiger partial charge in [0, 0.05) is 11.0 Å². The minimum absolute atomic E-state index is 0.242. The van der Waals surface area contributed by atoms with Gasteiger partial charge in [0.25, 0.3) is 0 Å². The highest BCUT2D eigenvalue weighted by atomic mass is 79.9. The van der Waals surface area contributed by atoms with E-state index in [1.54, 1.807) is 19.1 Å². The molecule has 17 heavy (non-hydrogen) atoms. The third-order valence-corrected chi connectivity index (χ3v) is 2.55. The van der Waals surface area contributed by atoms with Gasteiger partial charge in [-0.25, -0.2) is 0 Å². The van der Waals surface area contributed by atoms with Crippen LogP contribution in [-0.4, -0.2) is 19.1 Å². The molecular weight excluding hydrogens is 284 g/mol. The van der Waals surface area contributed by atoms with Gasteiger partial charge in [-0.15, -0.1) is 0 Å². The second kappa shape index (κ2) is 6.92. The van der Waals surface area contributed by atoms with E-state index in [0.29, 0.717) is 24.4 Å². The molecule has 0 amide bonds. The van der Waals surface area contributed by atoms with Gasteiger partial charge < -0.3 is 10.1 Å². The summed E-state index contributed by atoms with van der Waals surface area (Å²) in [5, 5.41) is 11.9. The van der Waals surface area contributed by atoms with Crippen molar-refractivity contribution >= 4 is 27.6 Å². The quantitative estimate of drug-likeness (QED) is 0.849. The minimum Gasteiger partial charge on any atom is -0.466 e. The van der Waals surface area contributed by atoms with Crippen molar-refractivity contribution in [2.45, 2.75) is 13.3 Å². The fourth-order valence-electron chi connectivity index (χ4n) is 1.29. The molecule has 0 aromatic heterocycles. The maximum Gasteiger partial charge on any atom is 0.307 e. The number of esters is 1. The molecule has 4 nitrogen and oxygen atoms in total. The first-order valence-electron chi connectivity index (χ1n) is 5.26. The van der Waals surface area contributed by atoms with Crippen molar-refractivity contribution in [1.82, 2.24) is 0 Å². The van der Waals surface area contributed by atoms with Crippen molar-refractivity contribution in [2.24, 2.45) is 0 Å². The van der Waals surface area contributed by atoms with Gasteiger partial charge in [0.2, 0.25) is 0 Å². The van der Waals surface area contributed by atoms with Crippen molar-refractivity contribution in [2.75, 3.05) is 18.5 Å². The largest absolute Gasteiger partial charge is 0.466 e. The van der Waals surface area contributed by atoms with Crippen molar-refractivity contribution in [3.05, 3.63) is 28.2 Å². The number of hydrogen-bond donors (Lipinski definition) is 1. The standard InChI is InChI=1S/C12H13BrN2O2/c1-2-17-12(16)5-6-15-11-7-10(13)4-3-9(11)8-14/h3-4,7,15H,2,5-6H2,1H3. The summed E-state index contributed by atoms with van der Waals surface area (Å²) < 4.78 is 5.69. The molecular formula is C12H13BrN2O2. The number of ether oxygens (including phenoxy) is 1. The van der Waals surface area contributed by atoms with Gasteiger partial charge in [-0.3, -0.25) is 4.79 Å². The van der Waals surface area contributed by atoms with Crippen molar-refractivity contribution in [3.8, 4) is 6.07 Å². The molecule has 0 spiro atoms. The van der Waals surface area contributed by atoms with Crippen molar-refractivity contribution in [3.63, 3.8) is 0 Å². The number of carbonyl (C=O) groups excluding carboxylic acids is 1. The fourth-order valence-corrected chi connectivity index (χ4v) is 1.65. The zero-order valence-corrected chi connectivity index (χ0v) is 11.1. The Morgan fingerprint density at radius 3 is 3.00 bits per heavy atom. The van der Waals surface area contributed by atoms with Gasteiger partial charge in [0.1, 0.15) is 6.07 Å². The predicted octanol–water partition coefficient (Wildman–Crippen LogP) is 2.69. The maximum atomic E-state index is 11.1. The SMILES string of the molecule is CCOC(=O)CCNc1cc(Br)ccc1C#N. The lowest BCUT2D eigenvalue weighted by atomic mass is 10.2. The van der Waals surface area contributed by atoms with Crippen LogP contribution in [0.2, 0.25) is 0 Å². The normalized spacial score (nSPS) is 9.47. The van der Waals surface area contributed by atoms with Crippen LogP contribution in [-0.2, 0) is 9.53 Å². The Morgan fingerprint density at radius 1 is 1.59 bits per heavy atom. The van der Waals surface area contributed by atoms with Crippen LogP contribution in [0, 0.1) is 11.3 Å². The number of benzene rings is 1. The molecule has 1 N–H and O–H groups in total. The van der Waals surface area contributed by atoms with Gasteiger partial charge in [0.15, 0.2) is 0 Å². The Morgan fingerprint density at radius 2 is 2.35 bits per heavy atom. The van der Waals surface area contributed by atoms with E-state index in [-0.39, 0.29) is 12.4 Å². The van der Waals surface area contributed by atoms with Crippen LogP contribution in [0.5, 0.6) is 0 Å². The highest BCUT2D eigenvalue weighted by Crippen LogP contribution is 2.20. The molecule has 1 aromatic rings. The van der Waals surface area contributed by atoms with Gasteiger partial charge >= 0.3 is 5.97 Å². The summed E-state index contributed by atoms with van der Waals surface area (Å²) in [6, 6.07) is 7.42. The first kappa shape index (κ1) is 13.5. The number of nitrogens with zero attached hydrogens (tertiary/aromatic N) is 1. The number of nitriles is 1. The van der Waals surface area contributed by atoms with Crippen LogP contribution >= 0.6 is 15.9 Å². The molecule has 0 radical (unpaired) electrons. The van der Waals surface area contributed by atoms with E-state index in [1.165, 1.54) is 0 Å². The molecule has 0 fully saturated rings. The topological polar surface area (TPSA) is 62.1 Å². The molecule has 1 aromatic carbocycles. The Labute approximate surface area is 109 Å². The molecule has 0 bridgehead atoms. The van der Waals surface area contributed by atoms with E-state index in [1.807, 2.05) is 6.07 Å². The van der Waals surface area contributed by atoms with E-state index in [9.17, 15) is 4.79 Å². The maximum absolute atomic E-state index is 11.1. The zero-order chi connectivity index (χ0) is 12.7. The second-order valence-electron chi connectivity index (χ2n) is 3.28. The Hall–Kier alpha value is -1.54. The Bertz CT molecular complexity index is 441. The monoisotopic (exact) mass is 296 g/mol. The molecule has 0 aliphatic rings. The zero-order valence-electron chi connectivity index (χ0n) is 9.50. The van der Waals surface area contributed by atoms with Crippen LogP contribution in [0.4, 0.5) is 5.69 Å². The molecule has 0 saturated heterocycles. The summed E-state index contributed by atoms with van der Waals surface area (Å²) in [6.45, 7) is 2.61. The highest BCUT2D eigenvalue weighted by molar-refractivity contribution is 9.10. The van der Waals surface area contributed by atoms with Gasteiger partial charge in [0.05, 0.1) is 24.3 Å². The number of nitrogens with one attached hydrogen (secondary N) is 1. The van der Waals surface area contributed by atoms with Crippen molar-refractivity contribution in [1.29, 1.82) is 5.26 Å². The molecule has 90 valence electrons. The van der Waals surface area contributed by atoms with E-state index in [2.05, 4.69) is 27.3 Å². The summed E-state index contributed by atoms with van der Waals surface area (Å²) in [7, 11) is 0. The van der Waals surface area contributed by atoms with Crippen molar-refractivity contribution < 1.29 is 9.53 Å². The summed E-state index contributed by atoms with van der Waals surface area (Å²) in [6.07, 6.45) is 0.283. The number of carbonyl (C=O) groups is 1.